The zero-order chi connectivity index (χ0) is 13.1. The number of rotatable bonds is 2. The summed E-state index contributed by atoms with van der Waals surface area (Å²) in [5.41, 5.74) is 0.772. The molecule has 2 aromatic rings. The lowest BCUT2D eigenvalue weighted by molar-refractivity contribution is 0.0992. The summed E-state index contributed by atoms with van der Waals surface area (Å²) in [6.07, 6.45) is 0. The molecule has 0 saturated heterocycles. The summed E-state index contributed by atoms with van der Waals surface area (Å²) < 4.78 is 12.8. The second-order valence-electron chi connectivity index (χ2n) is 3.86. The molecule has 0 saturated carbocycles. The van der Waals surface area contributed by atoms with Gasteiger partial charge in [-0.25, -0.2) is 4.39 Å². The summed E-state index contributed by atoms with van der Waals surface area (Å²) in [6.45, 7) is 0. The molecule has 0 unspecified atom stereocenters. The minimum Gasteiger partial charge on any atom is -0.506 e. The number of aromatic hydroxyl groups is 1. The predicted octanol–water partition coefficient (Wildman–Crippen LogP) is 2.81. The summed E-state index contributed by atoms with van der Waals surface area (Å²) in [7, 11) is 1.56. The molecule has 3 nitrogen and oxygen atoms in total. The highest BCUT2D eigenvalue weighted by Gasteiger charge is 2.15. The number of benzene rings is 2. The first-order valence-electron chi connectivity index (χ1n) is 5.41. The molecule has 18 heavy (non-hydrogen) atoms. The fourth-order valence-corrected chi connectivity index (χ4v) is 1.64. The molecule has 0 bridgehead atoms. The summed E-state index contributed by atoms with van der Waals surface area (Å²) in [4.78, 5) is 13.4. The molecule has 0 aromatic heterocycles. The molecule has 2 aromatic carbocycles. The molecule has 1 N–H and O–H groups in total. The van der Waals surface area contributed by atoms with E-state index in [4.69, 9.17) is 0 Å². The highest BCUT2D eigenvalue weighted by molar-refractivity contribution is 6.06. The van der Waals surface area contributed by atoms with Crippen LogP contribution in [0.5, 0.6) is 5.75 Å². The third-order valence-corrected chi connectivity index (χ3v) is 2.64. The van der Waals surface area contributed by atoms with Crippen LogP contribution in [0.25, 0.3) is 0 Å². The second-order valence-corrected chi connectivity index (χ2v) is 3.86. The SMILES string of the molecule is CN(C(=O)c1ccc(F)cc1)c1ccccc1O. The van der Waals surface area contributed by atoms with Gasteiger partial charge in [0.15, 0.2) is 0 Å². The van der Waals surface area contributed by atoms with Gasteiger partial charge in [-0.3, -0.25) is 4.79 Å². The van der Waals surface area contributed by atoms with E-state index in [1.165, 1.54) is 35.2 Å². The molecule has 0 heterocycles. The first kappa shape index (κ1) is 12.1. The van der Waals surface area contributed by atoms with Crippen LogP contribution in [0.4, 0.5) is 10.1 Å². The maximum atomic E-state index is 12.8. The lowest BCUT2D eigenvalue weighted by Gasteiger charge is -2.18. The fraction of sp³-hybridized carbons (Fsp3) is 0.0714. The van der Waals surface area contributed by atoms with Crippen molar-refractivity contribution in [2.24, 2.45) is 0 Å². The second kappa shape index (κ2) is 4.87. The summed E-state index contributed by atoms with van der Waals surface area (Å²) in [6, 6.07) is 11.8. The van der Waals surface area contributed by atoms with Crippen LogP contribution >= 0.6 is 0 Å². The van der Waals surface area contributed by atoms with Gasteiger partial charge in [0.1, 0.15) is 11.6 Å². The lowest BCUT2D eigenvalue weighted by atomic mass is 10.2. The molecule has 0 spiro atoms. The Morgan fingerprint density at radius 2 is 1.72 bits per heavy atom. The number of amides is 1. The van der Waals surface area contributed by atoms with Crippen LogP contribution in [-0.4, -0.2) is 18.1 Å². The average molecular weight is 245 g/mol. The van der Waals surface area contributed by atoms with Crippen molar-refractivity contribution in [3.63, 3.8) is 0 Å². The van der Waals surface area contributed by atoms with Gasteiger partial charge in [-0.05, 0) is 36.4 Å². The third-order valence-electron chi connectivity index (χ3n) is 2.64. The van der Waals surface area contributed by atoms with Crippen LogP contribution in [0.3, 0.4) is 0 Å². The zero-order valence-corrected chi connectivity index (χ0v) is 9.80. The molecule has 0 radical (unpaired) electrons. The van der Waals surface area contributed by atoms with Crippen LogP contribution < -0.4 is 4.90 Å². The van der Waals surface area contributed by atoms with Gasteiger partial charge in [-0.1, -0.05) is 12.1 Å². The molecular formula is C14H12FNO2. The van der Waals surface area contributed by atoms with Gasteiger partial charge in [0, 0.05) is 12.6 Å². The van der Waals surface area contributed by atoms with Crippen molar-refractivity contribution in [3.8, 4) is 5.75 Å². The third kappa shape index (κ3) is 2.32. The van der Waals surface area contributed by atoms with Crippen molar-refractivity contribution in [2.45, 2.75) is 0 Å². The Kier molecular flexibility index (Phi) is 3.28. The van der Waals surface area contributed by atoms with Crippen molar-refractivity contribution in [2.75, 3.05) is 11.9 Å². The number of phenolic OH excluding ortho intramolecular Hbond substituents is 1. The molecule has 92 valence electrons. The standard InChI is InChI=1S/C14H12FNO2/c1-16(12-4-2-3-5-13(12)17)14(18)10-6-8-11(15)9-7-10/h2-9,17H,1H3. The maximum absolute atomic E-state index is 12.8. The van der Waals surface area contributed by atoms with Gasteiger partial charge < -0.3 is 10.0 Å². The number of hydrogen-bond donors (Lipinski definition) is 1. The van der Waals surface area contributed by atoms with Gasteiger partial charge in [0.2, 0.25) is 0 Å². The van der Waals surface area contributed by atoms with Crippen molar-refractivity contribution in [1.82, 2.24) is 0 Å². The smallest absolute Gasteiger partial charge is 0.258 e. The summed E-state index contributed by atoms with van der Waals surface area (Å²) in [5.74, 6) is -0.677. The molecule has 4 heteroatoms. The van der Waals surface area contributed by atoms with E-state index >= 15 is 0 Å². The van der Waals surface area contributed by atoms with Gasteiger partial charge in [0.05, 0.1) is 5.69 Å². The van der Waals surface area contributed by atoms with E-state index in [0.717, 1.165) is 0 Å². The number of anilines is 1. The molecule has 0 aliphatic heterocycles. The van der Waals surface area contributed by atoms with Crippen LogP contribution in [0.1, 0.15) is 10.4 Å². The van der Waals surface area contributed by atoms with Crippen LogP contribution in [-0.2, 0) is 0 Å². The first-order chi connectivity index (χ1) is 8.59. The molecule has 0 atom stereocenters. The number of para-hydroxylation sites is 2. The lowest BCUT2D eigenvalue weighted by Crippen LogP contribution is -2.26. The number of carbonyl (C=O) groups excluding carboxylic acids is 1. The number of phenols is 1. The van der Waals surface area contributed by atoms with E-state index in [-0.39, 0.29) is 11.7 Å². The number of hydrogen-bond acceptors (Lipinski definition) is 2. The topological polar surface area (TPSA) is 40.5 Å². The van der Waals surface area contributed by atoms with Gasteiger partial charge in [-0.2, -0.15) is 0 Å². The Bertz CT molecular complexity index is 566. The van der Waals surface area contributed by atoms with Crippen LogP contribution in [0.2, 0.25) is 0 Å². The van der Waals surface area contributed by atoms with Gasteiger partial charge >= 0.3 is 0 Å². The van der Waals surface area contributed by atoms with E-state index in [1.807, 2.05) is 0 Å². The highest BCUT2D eigenvalue weighted by Crippen LogP contribution is 2.26. The number of halogens is 1. The van der Waals surface area contributed by atoms with Gasteiger partial charge in [0.25, 0.3) is 5.91 Å². The maximum Gasteiger partial charge on any atom is 0.258 e. The predicted molar refractivity (Wildman–Crippen MR) is 67.2 cm³/mol. The van der Waals surface area contributed by atoms with E-state index in [0.29, 0.717) is 11.3 Å². The van der Waals surface area contributed by atoms with Crippen LogP contribution in [0.15, 0.2) is 48.5 Å². The van der Waals surface area contributed by atoms with Crippen molar-refractivity contribution < 1.29 is 14.3 Å². The zero-order valence-electron chi connectivity index (χ0n) is 9.80. The number of nitrogens with zero attached hydrogens (tertiary/aromatic N) is 1. The van der Waals surface area contributed by atoms with Crippen molar-refractivity contribution in [3.05, 3.63) is 59.9 Å². The average Bonchev–Trinajstić information content (AvgIpc) is 2.38. The highest BCUT2D eigenvalue weighted by atomic mass is 19.1. The van der Waals surface area contributed by atoms with E-state index in [2.05, 4.69) is 0 Å². The monoisotopic (exact) mass is 245 g/mol. The molecular weight excluding hydrogens is 233 g/mol. The van der Waals surface area contributed by atoms with Crippen molar-refractivity contribution in [1.29, 1.82) is 0 Å². The van der Waals surface area contributed by atoms with Crippen LogP contribution in [0, 0.1) is 5.82 Å². The Hall–Kier alpha value is -2.36. The van der Waals surface area contributed by atoms with E-state index in [9.17, 15) is 14.3 Å². The fourth-order valence-electron chi connectivity index (χ4n) is 1.64. The van der Waals surface area contributed by atoms with Crippen molar-refractivity contribution >= 4 is 11.6 Å². The minimum atomic E-state index is -0.392. The molecule has 0 aliphatic rings. The Morgan fingerprint density at radius 1 is 1.11 bits per heavy atom. The largest absolute Gasteiger partial charge is 0.506 e. The summed E-state index contributed by atoms with van der Waals surface area (Å²) in [5, 5.41) is 9.67. The Morgan fingerprint density at radius 3 is 2.33 bits per heavy atom. The Labute approximate surface area is 104 Å². The normalized spacial score (nSPS) is 10.1. The summed E-state index contributed by atoms with van der Waals surface area (Å²) >= 11 is 0. The molecule has 1 amide bonds. The van der Waals surface area contributed by atoms with E-state index < -0.39 is 5.82 Å². The minimum absolute atomic E-state index is 0.0236. The molecule has 0 fully saturated rings. The number of carbonyl (C=O) groups is 1. The van der Waals surface area contributed by atoms with Gasteiger partial charge in [-0.15, -0.1) is 0 Å². The Balaban J connectivity index is 2.29. The molecule has 2 rings (SSSR count). The van der Waals surface area contributed by atoms with E-state index in [1.54, 1.807) is 25.2 Å². The molecule has 0 aliphatic carbocycles. The first-order valence-corrected chi connectivity index (χ1v) is 5.41. The quantitative estimate of drug-likeness (QED) is 0.883.